The Balaban J connectivity index is 0.872. The van der Waals surface area contributed by atoms with Crippen LogP contribution >= 0.6 is 0 Å². The third-order valence-corrected chi connectivity index (χ3v) is 12.7. The predicted molar refractivity (Wildman–Crippen MR) is 271 cm³/mol. The van der Waals surface area contributed by atoms with Gasteiger partial charge in [0.2, 0.25) is 0 Å². The first-order valence-electron chi connectivity index (χ1n) is 22.9. The maximum Gasteiger partial charge on any atom is 0.0463 e. The van der Waals surface area contributed by atoms with Gasteiger partial charge in [-0.05, 0) is 172 Å². The number of hydrogen-bond acceptors (Lipinski definition) is 4. The minimum atomic E-state index is 0.496. The number of rotatable bonds is 13. The lowest BCUT2D eigenvalue weighted by Crippen LogP contribution is -2.26. The van der Waals surface area contributed by atoms with Crippen molar-refractivity contribution in [1.29, 1.82) is 0 Å². The largest absolute Gasteiger partial charge is 0.315 e. The highest BCUT2D eigenvalue weighted by atomic mass is 15.2. The second-order valence-corrected chi connectivity index (χ2v) is 16.8. The Kier molecular flexibility index (Phi) is 12.2. The molecule has 7 aromatic carbocycles. The molecule has 0 spiro atoms. The summed E-state index contributed by atoms with van der Waals surface area (Å²) in [6.07, 6.45) is 23.4. The van der Waals surface area contributed by atoms with Crippen LogP contribution in [0.25, 0.3) is 0 Å². The van der Waals surface area contributed by atoms with Gasteiger partial charge in [0.05, 0.1) is 0 Å². The van der Waals surface area contributed by atoms with Crippen LogP contribution in [0, 0.1) is 11.8 Å². The molecule has 3 aliphatic carbocycles. The van der Waals surface area contributed by atoms with Crippen molar-refractivity contribution >= 4 is 51.2 Å². The van der Waals surface area contributed by atoms with Crippen LogP contribution in [0.2, 0.25) is 0 Å². The summed E-state index contributed by atoms with van der Waals surface area (Å²) in [5.41, 5.74) is 14.2. The Hall–Kier alpha value is -7.56. The van der Waals surface area contributed by atoms with Gasteiger partial charge in [0.25, 0.3) is 0 Å². The van der Waals surface area contributed by atoms with Gasteiger partial charge in [0.1, 0.15) is 0 Å². The smallest absolute Gasteiger partial charge is 0.0463 e. The summed E-state index contributed by atoms with van der Waals surface area (Å²) in [4.78, 5) is 9.56. The van der Waals surface area contributed by atoms with Crippen molar-refractivity contribution in [2.24, 2.45) is 11.8 Å². The Morgan fingerprint density at radius 2 is 0.719 bits per heavy atom. The lowest BCUT2D eigenvalue weighted by molar-refractivity contribution is 0.357. The average Bonchev–Trinajstić information content (AvgIpc) is 3.38. The molecule has 314 valence electrons. The topological polar surface area (TPSA) is 13.0 Å². The molecular formula is C60H54N4. The van der Waals surface area contributed by atoms with E-state index < -0.39 is 0 Å². The third kappa shape index (κ3) is 8.86. The van der Waals surface area contributed by atoms with Gasteiger partial charge < -0.3 is 19.6 Å². The maximum atomic E-state index is 2.53. The van der Waals surface area contributed by atoms with Crippen LogP contribution in [0.3, 0.4) is 0 Å². The van der Waals surface area contributed by atoms with E-state index in [0.717, 1.165) is 84.0 Å². The first-order chi connectivity index (χ1) is 31.8. The van der Waals surface area contributed by atoms with Gasteiger partial charge in [-0.2, -0.15) is 0 Å². The van der Waals surface area contributed by atoms with E-state index in [1.54, 1.807) is 0 Å². The third-order valence-electron chi connectivity index (χ3n) is 12.7. The maximum absolute atomic E-state index is 2.53. The molecule has 4 heteroatoms. The van der Waals surface area contributed by atoms with Crippen LogP contribution in [0.1, 0.15) is 38.5 Å². The number of allylic oxidation sites excluding steroid dienone is 8. The molecule has 0 radical (unpaired) electrons. The zero-order chi connectivity index (χ0) is 42.9. The molecule has 64 heavy (non-hydrogen) atoms. The molecule has 7 aromatic rings. The number of hydrogen-bond donors (Lipinski definition) is 0. The molecule has 0 N–H and O–H groups in total. The Bertz CT molecular complexity index is 2680. The van der Waals surface area contributed by atoms with E-state index in [9.17, 15) is 0 Å². The summed E-state index contributed by atoms with van der Waals surface area (Å²) in [5.74, 6) is 1.09. The van der Waals surface area contributed by atoms with Crippen molar-refractivity contribution in [3.8, 4) is 0 Å². The van der Waals surface area contributed by atoms with Crippen LogP contribution in [0.5, 0.6) is 0 Å². The number of anilines is 9. The summed E-state index contributed by atoms with van der Waals surface area (Å²) in [7, 11) is 0. The monoisotopic (exact) mass is 830 g/mol. The van der Waals surface area contributed by atoms with Gasteiger partial charge >= 0.3 is 0 Å². The van der Waals surface area contributed by atoms with Crippen LogP contribution < -0.4 is 19.6 Å². The van der Waals surface area contributed by atoms with Crippen molar-refractivity contribution in [3.05, 3.63) is 260 Å². The zero-order valence-electron chi connectivity index (χ0n) is 36.3. The second kappa shape index (κ2) is 19.2. The van der Waals surface area contributed by atoms with Gasteiger partial charge in [-0.15, -0.1) is 0 Å². The molecule has 0 bridgehead atoms. The van der Waals surface area contributed by atoms with E-state index >= 15 is 0 Å². The van der Waals surface area contributed by atoms with Crippen molar-refractivity contribution < 1.29 is 0 Å². The number of para-hydroxylation sites is 5. The quantitative estimate of drug-likeness (QED) is 0.115. The Morgan fingerprint density at radius 3 is 1.09 bits per heavy atom. The molecule has 0 saturated heterocycles. The molecule has 0 saturated carbocycles. The van der Waals surface area contributed by atoms with E-state index in [-0.39, 0.29) is 0 Å². The highest BCUT2D eigenvalue weighted by molar-refractivity contribution is 5.80. The minimum absolute atomic E-state index is 0.496. The molecule has 0 heterocycles. The summed E-state index contributed by atoms with van der Waals surface area (Å²) >= 11 is 0. The van der Waals surface area contributed by atoms with Crippen LogP contribution in [-0.2, 0) is 0 Å². The van der Waals surface area contributed by atoms with Crippen molar-refractivity contribution in [2.45, 2.75) is 38.5 Å². The molecule has 0 fully saturated rings. The van der Waals surface area contributed by atoms with Gasteiger partial charge in [0, 0.05) is 68.3 Å². The lowest BCUT2D eigenvalue weighted by atomic mass is 9.78. The van der Waals surface area contributed by atoms with E-state index in [1.165, 1.54) is 22.8 Å². The van der Waals surface area contributed by atoms with Gasteiger partial charge in [-0.25, -0.2) is 0 Å². The Labute approximate surface area is 379 Å². The first kappa shape index (κ1) is 40.5. The fourth-order valence-electron chi connectivity index (χ4n) is 9.55. The Morgan fingerprint density at radius 1 is 0.328 bits per heavy atom. The first-order valence-corrected chi connectivity index (χ1v) is 22.9. The van der Waals surface area contributed by atoms with Crippen LogP contribution in [0.4, 0.5) is 51.2 Å². The lowest BCUT2D eigenvalue weighted by Gasteiger charge is -2.36. The summed E-state index contributed by atoms with van der Waals surface area (Å²) in [6.45, 7) is 0. The highest BCUT2D eigenvalue weighted by Gasteiger charge is 2.28. The van der Waals surface area contributed by atoms with E-state index in [1.807, 2.05) is 0 Å². The van der Waals surface area contributed by atoms with Crippen LogP contribution in [-0.4, -0.2) is 0 Å². The molecule has 0 aliphatic heterocycles. The molecule has 10 rings (SSSR count). The number of nitrogens with zero attached hydrogens (tertiary/aromatic N) is 4. The van der Waals surface area contributed by atoms with Gasteiger partial charge in [0.15, 0.2) is 0 Å². The molecule has 2 atom stereocenters. The number of benzene rings is 7. The molecular weight excluding hydrogens is 777 g/mol. The fraction of sp³-hybridized carbons (Fsp3) is 0.133. The summed E-state index contributed by atoms with van der Waals surface area (Å²) < 4.78 is 0. The molecule has 3 aliphatic rings. The predicted octanol–water partition coefficient (Wildman–Crippen LogP) is 16.6. The standard InChI is InChI=1S/C60H54N4/c1-7-19-49(20-8-1)61(50-21-9-2-10-22-50)57-39-43-59(44-40-57)63(53-27-15-5-16-28-53)55-35-31-47(32-36-55)48-33-37-56(38-34-48)64(54-29-17-6-18-30-54)60-45-41-58(42-46-60)62(51-23-11-3-12-24-51)52-25-13-4-14-26-52/h1-5,7-17,19-31,35-37,39-48H,6,18,32-34,38H2. The van der Waals surface area contributed by atoms with Crippen molar-refractivity contribution in [2.75, 3.05) is 19.6 Å². The normalized spacial score (nSPS) is 16.8. The van der Waals surface area contributed by atoms with E-state index in [4.69, 9.17) is 0 Å². The van der Waals surface area contributed by atoms with Crippen molar-refractivity contribution in [3.63, 3.8) is 0 Å². The van der Waals surface area contributed by atoms with E-state index in [2.05, 4.69) is 262 Å². The molecule has 0 aromatic heterocycles. The summed E-state index contributed by atoms with van der Waals surface area (Å²) in [5, 5.41) is 0. The molecule has 4 nitrogen and oxygen atoms in total. The van der Waals surface area contributed by atoms with Crippen LogP contribution in [0.15, 0.2) is 260 Å². The SMILES string of the molecule is C1=CC(N(C2=CCC(C3C=CC(N(c4ccccc4)c4ccc(N(c5ccccc5)c5ccccc5)cc4)=CC3)CC2)c2ccc(N(c3ccccc3)c3ccccc3)cc2)=CCC1. The summed E-state index contributed by atoms with van der Waals surface area (Å²) in [6, 6.07) is 71.4. The fourth-order valence-corrected chi connectivity index (χ4v) is 9.55. The molecule has 2 unspecified atom stereocenters. The molecule has 0 amide bonds. The van der Waals surface area contributed by atoms with E-state index in [0.29, 0.717) is 11.8 Å². The van der Waals surface area contributed by atoms with Gasteiger partial charge in [-0.1, -0.05) is 121 Å². The second-order valence-electron chi connectivity index (χ2n) is 16.8. The van der Waals surface area contributed by atoms with Crippen molar-refractivity contribution in [1.82, 2.24) is 0 Å². The van der Waals surface area contributed by atoms with Gasteiger partial charge in [-0.3, -0.25) is 0 Å². The average molecular weight is 831 g/mol. The highest BCUT2D eigenvalue weighted by Crippen LogP contribution is 2.43. The minimum Gasteiger partial charge on any atom is -0.315 e. The zero-order valence-corrected chi connectivity index (χ0v) is 36.3.